The first kappa shape index (κ1) is 11.7. The summed E-state index contributed by atoms with van der Waals surface area (Å²) in [7, 11) is 1.88. The first-order valence-electron chi connectivity index (χ1n) is 5.08. The molecule has 0 saturated heterocycles. The minimum Gasteiger partial charge on any atom is -0.466 e. The van der Waals surface area contributed by atoms with Crippen molar-refractivity contribution in [1.29, 1.82) is 0 Å². The van der Waals surface area contributed by atoms with Gasteiger partial charge in [-0.2, -0.15) is 0 Å². The van der Waals surface area contributed by atoms with Crippen LogP contribution in [-0.2, 0) is 15.1 Å². The van der Waals surface area contributed by atoms with Crippen LogP contribution < -0.4 is 5.32 Å². The van der Waals surface area contributed by atoms with E-state index in [1.807, 2.05) is 37.4 Å². The predicted molar refractivity (Wildman–Crippen MR) is 59.5 cm³/mol. The van der Waals surface area contributed by atoms with Gasteiger partial charge in [0.2, 0.25) is 0 Å². The molecule has 0 spiro atoms. The smallest absolute Gasteiger partial charge is 0.293 e. The number of carbonyl (C=O) groups is 1. The first-order valence-corrected chi connectivity index (χ1v) is 5.08. The van der Waals surface area contributed by atoms with Gasteiger partial charge in [0.1, 0.15) is 6.61 Å². The molecule has 3 nitrogen and oxygen atoms in total. The van der Waals surface area contributed by atoms with E-state index in [-0.39, 0.29) is 5.54 Å². The summed E-state index contributed by atoms with van der Waals surface area (Å²) in [6, 6.07) is 10.0. The third-order valence-corrected chi connectivity index (χ3v) is 2.81. The largest absolute Gasteiger partial charge is 0.466 e. The fourth-order valence-electron chi connectivity index (χ4n) is 1.72. The molecule has 0 amide bonds. The molecule has 0 unspecified atom stereocenters. The molecule has 0 aliphatic rings. The molecule has 3 heteroatoms. The van der Waals surface area contributed by atoms with Crippen LogP contribution in [0.2, 0.25) is 0 Å². The Bertz CT molecular complexity index is 294. The van der Waals surface area contributed by atoms with Crippen molar-refractivity contribution in [2.24, 2.45) is 0 Å². The van der Waals surface area contributed by atoms with Crippen LogP contribution in [0.3, 0.4) is 0 Å². The molecule has 0 fully saturated rings. The van der Waals surface area contributed by atoms with E-state index >= 15 is 0 Å². The Kier molecular flexibility index (Phi) is 4.31. The molecule has 0 aromatic heterocycles. The van der Waals surface area contributed by atoms with Crippen molar-refractivity contribution in [3.8, 4) is 0 Å². The van der Waals surface area contributed by atoms with Crippen molar-refractivity contribution in [2.75, 3.05) is 13.7 Å². The highest BCUT2D eigenvalue weighted by Gasteiger charge is 2.28. The molecule has 82 valence electrons. The van der Waals surface area contributed by atoms with Gasteiger partial charge in [0.05, 0.1) is 5.54 Å². The average molecular weight is 207 g/mol. The second-order valence-electron chi connectivity index (χ2n) is 3.46. The van der Waals surface area contributed by atoms with Gasteiger partial charge in [-0.25, -0.2) is 0 Å². The lowest BCUT2D eigenvalue weighted by molar-refractivity contribution is -0.131. The molecule has 0 radical (unpaired) electrons. The highest BCUT2D eigenvalue weighted by atomic mass is 16.5. The van der Waals surface area contributed by atoms with E-state index in [0.717, 1.165) is 12.0 Å². The molecule has 0 aliphatic heterocycles. The number of hydrogen-bond acceptors (Lipinski definition) is 3. The van der Waals surface area contributed by atoms with Crippen LogP contribution in [0.15, 0.2) is 30.3 Å². The average Bonchev–Trinajstić information content (AvgIpc) is 2.33. The highest BCUT2D eigenvalue weighted by molar-refractivity contribution is 5.37. The quantitative estimate of drug-likeness (QED) is 0.721. The highest BCUT2D eigenvalue weighted by Crippen LogP contribution is 2.24. The van der Waals surface area contributed by atoms with Gasteiger partial charge >= 0.3 is 0 Å². The van der Waals surface area contributed by atoms with Gasteiger partial charge in [0.15, 0.2) is 0 Å². The number of ether oxygens (including phenoxy) is 1. The molecule has 1 aromatic rings. The summed E-state index contributed by atoms with van der Waals surface area (Å²) >= 11 is 0. The summed E-state index contributed by atoms with van der Waals surface area (Å²) < 4.78 is 4.89. The Hall–Kier alpha value is -1.35. The summed E-state index contributed by atoms with van der Waals surface area (Å²) in [6.45, 7) is 2.91. The van der Waals surface area contributed by atoms with Gasteiger partial charge in [-0.05, 0) is 19.0 Å². The van der Waals surface area contributed by atoms with Crippen LogP contribution in [0.25, 0.3) is 0 Å². The van der Waals surface area contributed by atoms with Crippen LogP contribution in [0.1, 0.15) is 18.9 Å². The maximum atomic E-state index is 10.3. The summed E-state index contributed by atoms with van der Waals surface area (Å²) in [5, 5.41) is 3.23. The lowest BCUT2D eigenvalue weighted by Crippen LogP contribution is -2.43. The van der Waals surface area contributed by atoms with Crippen LogP contribution in [0.4, 0.5) is 0 Å². The maximum absolute atomic E-state index is 10.3. The summed E-state index contributed by atoms with van der Waals surface area (Å²) in [5.74, 6) is 0. The Morgan fingerprint density at radius 1 is 1.40 bits per heavy atom. The molecule has 1 atom stereocenters. The lowest BCUT2D eigenvalue weighted by atomic mass is 9.88. The van der Waals surface area contributed by atoms with Gasteiger partial charge in [-0.15, -0.1) is 0 Å². The van der Waals surface area contributed by atoms with E-state index < -0.39 is 0 Å². The summed E-state index contributed by atoms with van der Waals surface area (Å²) in [6.07, 6.45) is 0.862. The fourth-order valence-corrected chi connectivity index (χ4v) is 1.72. The standard InChI is InChI=1S/C12H17NO2/c1-3-12(13-2,9-15-10-14)11-7-5-4-6-8-11/h4-8,10,13H,3,9H2,1-2H3/t12-/m1/s1. The number of likely N-dealkylation sites (N-methyl/N-ethyl adjacent to an activating group) is 1. The molecular formula is C12H17NO2. The van der Waals surface area contributed by atoms with Gasteiger partial charge in [0, 0.05) is 0 Å². The first-order chi connectivity index (χ1) is 7.29. The molecule has 1 rings (SSSR count). The van der Waals surface area contributed by atoms with E-state index in [9.17, 15) is 4.79 Å². The second-order valence-corrected chi connectivity index (χ2v) is 3.46. The predicted octanol–water partition coefficient (Wildman–Crippen LogP) is 1.68. The molecule has 1 aromatic carbocycles. The molecule has 0 bridgehead atoms. The Morgan fingerprint density at radius 2 is 2.07 bits per heavy atom. The van der Waals surface area contributed by atoms with Gasteiger partial charge in [0.25, 0.3) is 6.47 Å². The molecule has 1 N–H and O–H groups in total. The normalized spacial score (nSPS) is 14.3. The molecule has 0 heterocycles. The van der Waals surface area contributed by atoms with Crippen molar-refractivity contribution < 1.29 is 9.53 Å². The van der Waals surface area contributed by atoms with E-state index in [1.165, 1.54) is 0 Å². The number of rotatable bonds is 6. The van der Waals surface area contributed by atoms with Crippen LogP contribution >= 0.6 is 0 Å². The second kappa shape index (κ2) is 5.51. The van der Waals surface area contributed by atoms with Crippen LogP contribution in [0, 0.1) is 0 Å². The summed E-state index contributed by atoms with van der Waals surface area (Å²) in [4.78, 5) is 10.3. The molecule has 0 aliphatic carbocycles. The lowest BCUT2D eigenvalue weighted by Gasteiger charge is -2.31. The van der Waals surface area contributed by atoms with Crippen molar-refractivity contribution >= 4 is 6.47 Å². The van der Waals surface area contributed by atoms with Crippen molar-refractivity contribution in [3.63, 3.8) is 0 Å². The molecule has 15 heavy (non-hydrogen) atoms. The van der Waals surface area contributed by atoms with E-state index in [4.69, 9.17) is 4.74 Å². The number of benzene rings is 1. The Morgan fingerprint density at radius 3 is 2.53 bits per heavy atom. The van der Waals surface area contributed by atoms with Gasteiger partial charge in [-0.1, -0.05) is 37.3 Å². The molecule has 0 saturated carbocycles. The zero-order chi connectivity index (χ0) is 11.1. The van der Waals surface area contributed by atoms with Crippen LogP contribution in [0.5, 0.6) is 0 Å². The van der Waals surface area contributed by atoms with E-state index in [0.29, 0.717) is 13.1 Å². The topological polar surface area (TPSA) is 38.3 Å². The minimum atomic E-state index is -0.276. The van der Waals surface area contributed by atoms with Crippen molar-refractivity contribution in [1.82, 2.24) is 5.32 Å². The molecular weight excluding hydrogens is 190 g/mol. The maximum Gasteiger partial charge on any atom is 0.293 e. The zero-order valence-corrected chi connectivity index (χ0v) is 9.19. The monoisotopic (exact) mass is 207 g/mol. The van der Waals surface area contributed by atoms with Gasteiger partial charge in [-0.3, -0.25) is 4.79 Å². The van der Waals surface area contributed by atoms with E-state index in [2.05, 4.69) is 12.2 Å². The zero-order valence-electron chi connectivity index (χ0n) is 9.19. The summed E-state index contributed by atoms with van der Waals surface area (Å²) in [5.41, 5.74) is 0.860. The number of hydrogen-bond donors (Lipinski definition) is 1. The SMILES string of the molecule is CC[C@](COC=O)(NC)c1ccccc1. The number of nitrogens with one attached hydrogen (secondary N) is 1. The van der Waals surface area contributed by atoms with Crippen molar-refractivity contribution in [2.45, 2.75) is 18.9 Å². The third-order valence-electron chi connectivity index (χ3n) is 2.81. The van der Waals surface area contributed by atoms with Crippen LogP contribution in [-0.4, -0.2) is 20.1 Å². The van der Waals surface area contributed by atoms with Crippen molar-refractivity contribution in [3.05, 3.63) is 35.9 Å². The Balaban J connectivity index is 2.94. The minimum absolute atomic E-state index is 0.276. The third kappa shape index (κ3) is 2.57. The van der Waals surface area contributed by atoms with E-state index in [1.54, 1.807) is 0 Å². The van der Waals surface area contributed by atoms with Gasteiger partial charge < -0.3 is 10.1 Å². The Labute approximate surface area is 90.4 Å². The fraction of sp³-hybridized carbons (Fsp3) is 0.417. The number of carbonyl (C=O) groups excluding carboxylic acids is 1.